The normalized spacial score (nSPS) is 12.0. The van der Waals surface area contributed by atoms with E-state index in [0.29, 0.717) is 17.5 Å². The Bertz CT molecular complexity index is 3790. The number of aromatic nitrogens is 3. The Kier molecular flexibility index (Phi) is 13.0. The average Bonchev–Trinajstić information content (AvgIpc) is 3.48. The minimum atomic E-state index is -0.242. The molecule has 0 saturated heterocycles. The zero-order valence-corrected chi connectivity index (χ0v) is 45.2. The molecule has 0 bridgehead atoms. The van der Waals surface area contributed by atoms with Crippen molar-refractivity contribution >= 4 is 55.7 Å². The Labute approximate surface area is 449 Å². The number of benzene rings is 10. The lowest BCUT2D eigenvalue weighted by Gasteiger charge is -2.36. The van der Waals surface area contributed by atoms with E-state index in [4.69, 9.17) is 15.0 Å². The van der Waals surface area contributed by atoms with Crippen LogP contribution >= 0.6 is 0 Å². The van der Waals surface area contributed by atoms with Gasteiger partial charge in [0.25, 0.3) is 0 Å². The Morgan fingerprint density at radius 2 is 0.592 bits per heavy atom. The zero-order valence-electron chi connectivity index (χ0n) is 45.2. The van der Waals surface area contributed by atoms with Gasteiger partial charge in [-0.25, -0.2) is 15.0 Å². The third-order valence-electron chi connectivity index (χ3n) is 14.5. The molecule has 11 aromatic rings. The van der Waals surface area contributed by atoms with Crippen LogP contribution in [0.3, 0.4) is 0 Å². The number of nitrogens with zero attached hydrogens (tertiary/aromatic N) is 5. The molecule has 0 N–H and O–H groups in total. The fourth-order valence-corrected chi connectivity index (χ4v) is 10.1. The molecule has 0 saturated carbocycles. The Balaban J connectivity index is 1.19. The maximum Gasteiger partial charge on any atom is 0.164 e. The molecule has 0 atom stereocenters. The quantitative estimate of drug-likeness (QED) is 0.137. The van der Waals surface area contributed by atoms with Crippen molar-refractivity contribution in [1.29, 1.82) is 0 Å². The second kappa shape index (κ2) is 19.9. The van der Waals surface area contributed by atoms with Gasteiger partial charge in [-0.15, -0.1) is 0 Å². The molecular formula is C71H65N5. The summed E-state index contributed by atoms with van der Waals surface area (Å²) in [6, 6.07) is 83.5. The summed E-state index contributed by atoms with van der Waals surface area (Å²) in [5.41, 5.74) is 14.8. The van der Waals surface area contributed by atoms with Crippen LogP contribution in [0.5, 0.6) is 0 Å². The van der Waals surface area contributed by atoms with Crippen LogP contribution in [0.2, 0.25) is 0 Å². The van der Waals surface area contributed by atoms with Crippen LogP contribution in [-0.4, -0.2) is 15.0 Å². The van der Waals surface area contributed by atoms with Crippen LogP contribution in [0.4, 0.5) is 34.1 Å². The highest BCUT2D eigenvalue weighted by molar-refractivity contribution is 6.02. The Morgan fingerprint density at radius 1 is 0.263 bits per heavy atom. The molecule has 5 nitrogen and oxygen atoms in total. The standard InChI is InChI=1S/C71H65N5/c1-69(2,3)56-33-40-60(41-34-56)75(59-37-31-52(32-38-59)68-73-66(50-22-12-10-13-23-50)72-67(74-68)51-24-14-11-15-25-51)63-46-58(71(7,8)9)47-64(65(63)55-29-28-48-20-16-18-26-53(48)44-55)76(61-42-35-57(36-43-61)70(4,5)6)62-39-30-49-21-17-19-27-54(49)45-62/h10-47H,1-9H3. The Morgan fingerprint density at radius 3 is 1.03 bits per heavy atom. The second-order valence-corrected chi connectivity index (χ2v) is 23.1. The maximum absolute atomic E-state index is 5.13. The largest absolute Gasteiger partial charge is 0.310 e. The van der Waals surface area contributed by atoms with Gasteiger partial charge in [0.2, 0.25) is 0 Å². The summed E-state index contributed by atoms with van der Waals surface area (Å²) in [5.74, 6) is 1.87. The highest BCUT2D eigenvalue weighted by Crippen LogP contribution is 2.52. The van der Waals surface area contributed by atoms with Gasteiger partial charge in [-0.2, -0.15) is 0 Å². The number of fused-ring (bicyclic) bond motifs is 2. The van der Waals surface area contributed by atoms with E-state index in [1.54, 1.807) is 0 Å². The van der Waals surface area contributed by atoms with Crippen molar-refractivity contribution in [2.45, 2.75) is 78.6 Å². The molecule has 11 rings (SSSR count). The third-order valence-corrected chi connectivity index (χ3v) is 14.5. The second-order valence-electron chi connectivity index (χ2n) is 23.1. The summed E-state index contributed by atoms with van der Waals surface area (Å²) in [6.07, 6.45) is 0. The molecule has 0 fully saturated rings. The highest BCUT2D eigenvalue weighted by atomic mass is 15.2. The first kappa shape index (κ1) is 49.5. The lowest BCUT2D eigenvalue weighted by atomic mass is 9.83. The van der Waals surface area contributed by atoms with E-state index in [0.717, 1.165) is 61.9 Å². The maximum atomic E-state index is 5.13. The first-order valence-electron chi connectivity index (χ1n) is 26.5. The first-order chi connectivity index (χ1) is 36.5. The van der Waals surface area contributed by atoms with E-state index in [1.807, 2.05) is 36.4 Å². The molecule has 5 heteroatoms. The van der Waals surface area contributed by atoms with Crippen LogP contribution in [-0.2, 0) is 16.2 Å². The van der Waals surface area contributed by atoms with Gasteiger partial charge in [0.15, 0.2) is 17.5 Å². The monoisotopic (exact) mass is 988 g/mol. The van der Waals surface area contributed by atoms with E-state index in [1.165, 1.54) is 38.2 Å². The van der Waals surface area contributed by atoms with Crippen LogP contribution in [0, 0.1) is 0 Å². The number of hydrogen-bond acceptors (Lipinski definition) is 5. The molecule has 0 aliphatic rings. The molecular weight excluding hydrogens is 923 g/mol. The van der Waals surface area contributed by atoms with Crippen molar-refractivity contribution < 1.29 is 0 Å². The minimum absolute atomic E-state index is 0.0155. The topological polar surface area (TPSA) is 45.2 Å². The van der Waals surface area contributed by atoms with Crippen molar-refractivity contribution in [3.63, 3.8) is 0 Å². The molecule has 10 aromatic carbocycles. The van der Waals surface area contributed by atoms with Gasteiger partial charge in [-0.05, 0) is 139 Å². The van der Waals surface area contributed by atoms with Crippen LogP contribution < -0.4 is 9.80 Å². The lowest BCUT2D eigenvalue weighted by molar-refractivity contribution is 0.589. The van der Waals surface area contributed by atoms with Crippen LogP contribution in [0.25, 0.3) is 66.8 Å². The fraction of sp³-hybridized carbons (Fsp3) is 0.169. The van der Waals surface area contributed by atoms with Gasteiger partial charge < -0.3 is 9.80 Å². The lowest BCUT2D eigenvalue weighted by Crippen LogP contribution is -2.20. The molecule has 0 amide bonds. The molecule has 0 spiro atoms. The summed E-state index contributed by atoms with van der Waals surface area (Å²) in [7, 11) is 0. The van der Waals surface area contributed by atoms with Gasteiger partial charge in [0, 0.05) is 45.0 Å². The zero-order chi connectivity index (χ0) is 52.8. The minimum Gasteiger partial charge on any atom is -0.310 e. The molecule has 0 unspecified atom stereocenters. The van der Waals surface area contributed by atoms with E-state index in [9.17, 15) is 0 Å². The van der Waals surface area contributed by atoms with Crippen LogP contribution in [0.1, 0.15) is 79.0 Å². The Hall–Kier alpha value is -8.67. The smallest absolute Gasteiger partial charge is 0.164 e. The van der Waals surface area contributed by atoms with Crippen molar-refractivity contribution in [2.75, 3.05) is 9.80 Å². The van der Waals surface area contributed by atoms with Crippen molar-refractivity contribution in [2.24, 2.45) is 0 Å². The third kappa shape index (κ3) is 10.1. The van der Waals surface area contributed by atoms with Gasteiger partial charge in [-0.1, -0.05) is 214 Å². The first-order valence-corrected chi connectivity index (χ1v) is 26.5. The molecule has 0 aliphatic carbocycles. The summed E-state index contributed by atoms with van der Waals surface area (Å²) in [4.78, 5) is 20.2. The summed E-state index contributed by atoms with van der Waals surface area (Å²) in [6.45, 7) is 20.6. The van der Waals surface area contributed by atoms with E-state index >= 15 is 0 Å². The summed E-state index contributed by atoms with van der Waals surface area (Å²) < 4.78 is 0. The SMILES string of the molecule is CC(C)(C)c1ccc(N(c2ccc(-c3nc(-c4ccccc4)nc(-c4ccccc4)n3)cc2)c2cc(C(C)(C)C)cc(N(c3ccc(C(C)(C)C)cc3)c3ccc4ccccc4c3)c2-c2ccc3ccccc3c2)cc1. The molecule has 76 heavy (non-hydrogen) atoms. The summed E-state index contributed by atoms with van der Waals surface area (Å²) in [5, 5.41) is 4.75. The van der Waals surface area contributed by atoms with E-state index < -0.39 is 0 Å². The molecule has 374 valence electrons. The van der Waals surface area contributed by atoms with E-state index in [-0.39, 0.29) is 16.2 Å². The van der Waals surface area contributed by atoms with Crippen molar-refractivity contribution in [3.05, 3.63) is 247 Å². The molecule has 1 aromatic heterocycles. The molecule has 0 radical (unpaired) electrons. The molecule has 1 heterocycles. The number of anilines is 6. The van der Waals surface area contributed by atoms with Crippen molar-refractivity contribution in [3.8, 4) is 45.3 Å². The predicted molar refractivity (Wildman–Crippen MR) is 322 cm³/mol. The highest BCUT2D eigenvalue weighted by Gasteiger charge is 2.30. The number of rotatable bonds is 10. The number of hydrogen-bond donors (Lipinski definition) is 0. The van der Waals surface area contributed by atoms with Gasteiger partial charge >= 0.3 is 0 Å². The molecule has 0 aliphatic heterocycles. The van der Waals surface area contributed by atoms with Gasteiger partial charge in [0.1, 0.15) is 0 Å². The van der Waals surface area contributed by atoms with Crippen LogP contribution in [0.15, 0.2) is 231 Å². The van der Waals surface area contributed by atoms with Crippen molar-refractivity contribution in [1.82, 2.24) is 15.0 Å². The van der Waals surface area contributed by atoms with Gasteiger partial charge in [0.05, 0.1) is 11.4 Å². The fourth-order valence-electron chi connectivity index (χ4n) is 10.1. The van der Waals surface area contributed by atoms with Gasteiger partial charge in [-0.3, -0.25) is 0 Å². The predicted octanol–water partition coefficient (Wildman–Crippen LogP) is 19.7. The summed E-state index contributed by atoms with van der Waals surface area (Å²) >= 11 is 0. The average molecular weight is 988 g/mol. The van der Waals surface area contributed by atoms with E-state index in [2.05, 4.69) is 266 Å².